The Bertz CT molecular complexity index is 603. The average molecular weight is 553 g/mol. The number of rotatable bonds is 8. The smallest absolute Gasteiger partial charge is 0.360 e. The fourth-order valence-corrected chi connectivity index (χ4v) is 5.66. The second-order valence-electron chi connectivity index (χ2n) is 6.98. The Hall–Kier alpha value is -0.263. The Kier molecular flexibility index (Phi) is 7.84. The molecule has 0 saturated carbocycles. The minimum Gasteiger partial charge on any atom is -0.360 e. The summed E-state index contributed by atoms with van der Waals surface area (Å²) in [6.07, 6.45) is -13.7. The molecule has 0 atom stereocenters. The van der Waals surface area contributed by atoms with Crippen LogP contribution in [0.25, 0.3) is 0 Å². The van der Waals surface area contributed by atoms with E-state index in [4.69, 9.17) is 22.2 Å². The molecule has 0 aliphatic heterocycles. The quantitative estimate of drug-likeness (QED) is 0.181. The summed E-state index contributed by atoms with van der Waals surface area (Å²) in [5.41, 5.74) is -8.11. The monoisotopic (exact) mass is 552 g/mol. The summed E-state index contributed by atoms with van der Waals surface area (Å²) in [5.74, 6) is -26.0. The van der Waals surface area contributed by atoms with E-state index in [1.165, 1.54) is 0 Å². The van der Waals surface area contributed by atoms with Crippen molar-refractivity contribution in [3.8, 4) is 0 Å². The molecule has 0 amide bonds. The molecule has 0 aliphatic carbocycles. The van der Waals surface area contributed by atoms with E-state index >= 15 is 0 Å². The first kappa shape index (κ1) is 30.7. The maximum Gasteiger partial charge on any atom is 0.552 e. The van der Waals surface area contributed by atoms with Crippen molar-refractivity contribution >= 4 is 29.3 Å². The van der Waals surface area contributed by atoms with Gasteiger partial charge in [0.05, 0.1) is 0 Å². The molecule has 0 aliphatic rings. The van der Waals surface area contributed by atoms with Gasteiger partial charge in [0.1, 0.15) is 11.2 Å². The van der Waals surface area contributed by atoms with Gasteiger partial charge in [-0.25, -0.2) is 0 Å². The molecule has 0 aromatic carbocycles. The van der Waals surface area contributed by atoms with Gasteiger partial charge in [-0.2, -0.15) is 61.5 Å². The fraction of sp³-hybridized carbons (Fsp3) is 1.00. The van der Waals surface area contributed by atoms with Gasteiger partial charge in [-0.1, -0.05) is 22.2 Å². The summed E-state index contributed by atoms with van der Waals surface area (Å²) in [4.78, 5) is 0. The molecule has 31 heavy (non-hydrogen) atoms. The van der Waals surface area contributed by atoms with Crippen LogP contribution in [0.3, 0.4) is 0 Å². The summed E-state index contributed by atoms with van der Waals surface area (Å²) >= 11 is 10.4. The summed E-state index contributed by atoms with van der Waals surface area (Å²) in [6.45, 7) is -0.619. The maximum absolute atomic E-state index is 13.9. The van der Waals surface area contributed by atoms with Crippen molar-refractivity contribution in [3.63, 3.8) is 0 Å². The Morgan fingerprint density at radius 1 is 0.452 bits per heavy atom. The Balaban J connectivity index is 6.07. The van der Waals surface area contributed by atoms with Gasteiger partial charge in [0, 0.05) is 0 Å². The van der Waals surface area contributed by atoms with Crippen LogP contribution >= 0.6 is 22.2 Å². The fourth-order valence-electron chi connectivity index (χ4n) is 1.86. The number of hydrogen-bond donors (Lipinski definition) is 0. The lowest BCUT2D eigenvalue weighted by Crippen LogP contribution is -2.67. The maximum atomic E-state index is 13.9. The van der Waals surface area contributed by atoms with Crippen molar-refractivity contribution in [3.05, 3.63) is 0 Å². The van der Waals surface area contributed by atoms with E-state index in [9.17, 15) is 61.5 Å². The average Bonchev–Trinajstić information content (AvgIpc) is 2.41. The van der Waals surface area contributed by atoms with Gasteiger partial charge in [0.15, 0.2) is 0 Å². The molecule has 0 fully saturated rings. The second kappa shape index (κ2) is 7.90. The van der Waals surface area contributed by atoms with Crippen LogP contribution in [-0.4, -0.2) is 54.4 Å². The van der Waals surface area contributed by atoms with Crippen LogP contribution in [0, 0.1) is 0 Å². The molecule has 0 saturated heterocycles. The van der Waals surface area contributed by atoms with Crippen LogP contribution in [0.4, 0.5) is 61.5 Å². The van der Waals surface area contributed by atoms with Gasteiger partial charge in [0.25, 0.3) is 0 Å². The van der Waals surface area contributed by atoms with Gasteiger partial charge in [-0.3, -0.25) is 0 Å². The molecule has 0 radical (unpaired) electrons. The van der Waals surface area contributed by atoms with E-state index in [0.29, 0.717) is 0 Å². The third-order valence-corrected chi connectivity index (χ3v) is 6.18. The van der Waals surface area contributed by atoms with Crippen molar-refractivity contribution in [2.75, 3.05) is 0 Å². The van der Waals surface area contributed by atoms with Gasteiger partial charge in [-0.05, 0) is 27.7 Å². The van der Waals surface area contributed by atoms with Crippen LogP contribution in [0.1, 0.15) is 27.7 Å². The standard InChI is InChI=1S/C12H12Cl2F14O2Si/c1-5(2,7(15,16)9(19,20)11(23,24)25)29-31(13,14)30-6(3,4)8(17,18)10(21,22)12(26,27)28/h1-4H3. The Labute approximate surface area is 175 Å². The molecule has 0 rings (SSSR count). The molecular weight excluding hydrogens is 541 g/mol. The minimum absolute atomic E-state index is 0.155. The van der Waals surface area contributed by atoms with Crippen LogP contribution in [0.2, 0.25) is 0 Å². The molecule has 188 valence electrons. The molecule has 0 aromatic rings. The van der Waals surface area contributed by atoms with Gasteiger partial charge >= 0.3 is 43.2 Å². The van der Waals surface area contributed by atoms with E-state index in [1.54, 1.807) is 0 Å². The molecular formula is C12H12Cl2F14O2Si. The third kappa shape index (κ3) is 5.29. The minimum atomic E-state index is -6.86. The lowest BCUT2D eigenvalue weighted by molar-refractivity contribution is -0.386. The predicted octanol–water partition coefficient (Wildman–Crippen LogP) is 7.16. The zero-order valence-corrected chi connectivity index (χ0v) is 17.9. The third-order valence-electron chi connectivity index (χ3n) is 3.76. The predicted molar refractivity (Wildman–Crippen MR) is 79.7 cm³/mol. The van der Waals surface area contributed by atoms with E-state index in [-0.39, 0.29) is 27.7 Å². The number of halogens is 16. The second-order valence-corrected chi connectivity index (χ2v) is 11.9. The molecule has 0 unspecified atom stereocenters. The number of hydrogen-bond acceptors (Lipinski definition) is 2. The van der Waals surface area contributed by atoms with E-state index in [0.717, 1.165) is 0 Å². The summed E-state index contributed by atoms with van der Waals surface area (Å²) < 4.78 is 190. The first-order chi connectivity index (χ1) is 12.9. The molecule has 19 heteroatoms. The zero-order chi connectivity index (χ0) is 25.9. The molecule has 0 aromatic heterocycles. The molecule has 0 heterocycles. The highest BCUT2D eigenvalue weighted by Crippen LogP contribution is 2.55. The zero-order valence-electron chi connectivity index (χ0n) is 15.4. The van der Waals surface area contributed by atoms with Crippen LogP contribution in [0.15, 0.2) is 0 Å². The highest BCUT2D eigenvalue weighted by Gasteiger charge is 2.81. The lowest BCUT2D eigenvalue weighted by Gasteiger charge is -2.44. The van der Waals surface area contributed by atoms with Gasteiger partial charge < -0.3 is 8.85 Å². The van der Waals surface area contributed by atoms with Crippen LogP contribution in [-0.2, 0) is 8.85 Å². The lowest BCUT2D eigenvalue weighted by atomic mass is 9.94. The van der Waals surface area contributed by atoms with Crippen molar-refractivity contribution in [2.24, 2.45) is 0 Å². The largest absolute Gasteiger partial charge is 0.552 e. The summed E-state index contributed by atoms with van der Waals surface area (Å²) in [6, 6.07) is 0. The summed E-state index contributed by atoms with van der Waals surface area (Å²) in [7, 11) is -5.89. The van der Waals surface area contributed by atoms with E-state index in [2.05, 4.69) is 8.85 Å². The summed E-state index contributed by atoms with van der Waals surface area (Å²) in [5, 5.41) is 0. The highest BCUT2D eigenvalue weighted by molar-refractivity contribution is 7.39. The highest BCUT2D eigenvalue weighted by atomic mass is 35.7. The van der Waals surface area contributed by atoms with Crippen LogP contribution in [0.5, 0.6) is 0 Å². The van der Waals surface area contributed by atoms with Gasteiger partial charge in [-0.15, -0.1) is 0 Å². The van der Waals surface area contributed by atoms with E-state index < -0.39 is 54.4 Å². The molecule has 2 nitrogen and oxygen atoms in total. The SMILES string of the molecule is CC(C)(O[Si](Cl)(Cl)OC(C)(C)C(F)(F)C(F)(F)C(F)(F)F)C(F)(F)C(F)(F)C(F)(F)F. The molecule has 0 spiro atoms. The van der Waals surface area contributed by atoms with Crippen LogP contribution < -0.4 is 0 Å². The molecule has 0 bridgehead atoms. The van der Waals surface area contributed by atoms with Crippen molar-refractivity contribution < 1.29 is 70.3 Å². The normalized spacial score (nSPS) is 16.6. The van der Waals surface area contributed by atoms with Crippen molar-refractivity contribution in [1.29, 1.82) is 0 Å². The van der Waals surface area contributed by atoms with E-state index in [1.807, 2.05) is 0 Å². The Morgan fingerprint density at radius 3 is 0.806 bits per heavy atom. The topological polar surface area (TPSA) is 18.5 Å². The molecule has 0 N–H and O–H groups in total. The van der Waals surface area contributed by atoms with Crippen molar-refractivity contribution in [2.45, 2.75) is 74.9 Å². The first-order valence-corrected chi connectivity index (χ1v) is 11.2. The first-order valence-electron chi connectivity index (χ1n) is 7.34. The number of alkyl halides is 14. The van der Waals surface area contributed by atoms with Crippen molar-refractivity contribution in [1.82, 2.24) is 0 Å². The Morgan fingerprint density at radius 2 is 0.645 bits per heavy atom. The van der Waals surface area contributed by atoms with Gasteiger partial charge in [0.2, 0.25) is 0 Å².